The van der Waals surface area contributed by atoms with Gasteiger partial charge in [-0.1, -0.05) is 12.1 Å². The summed E-state index contributed by atoms with van der Waals surface area (Å²) in [6.07, 6.45) is -11.4. The van der Waals surface area contributed by atoms with Gasteiger partial charge in [-0.15, -0.1) is 0 Å². The molecule has 59 heavy (non-hydrogen) atoms. The van der Waals surface area contributed by atoms with E-state index in [2.05, 4.69) is 0 Å². The first kappa shape index (κ1) is 44.4. The number of carbonyl (C=O) groups is 5. The van der Waals surface area contributed by atoms with E-state index in [-0.39, 0.29) is 76.5 Å². The molecule has 2 aromatic rings. The van der Waals surface area contributed by atoms with E-state index in [4.69, 9.17) is 42.0 Å². The molecule has 15 nitrogen and oxygen atoms in total. The summed E-state index contributed by atoms with van der Waals surface area (Å²) < 4.78 is 95.1. The minimum absolute atomic E-state index is 0.000613. The van der Waals surface area contributed by atoms with Crippen molar-refractivity contribution in [1.82, 2.24) is 5.32 Å². The van der Waals surface area contributed by atoms with Gasteiger partial charge in [-0.2, -0.15) is 13.2 Å². The van der Waals surface area contributed by atoms with Crippen LogP contribution in [0.4, 0.5) is 13.2 Å². The standard InChI is InChI=1S/C39H48F3NO14Si2/c1-10-50-37-51-17-25(45)38(55-37)15-21-28(24(16-38)54-26-14-22(43-36(48)39(40,41)42)33(52-18-44)19(2)53-26)35(57-59(7,8)9)30-29(34(21)56-58(4,5)6)31(46)20-12-11-13-23(49-3)27(20)32(30)47/h11-13,18-19,22,24,26,33,37H,10,14-17H2,1-9H3,(H,43,48)/t19?,22?,24-,26?,33?,37?,38-/m0/s1. The number of carbonyl (C=O) groups excluding carboxylic acids is 5. The Labute approximate surface area is 340 Å². The number of fused-ring (bicyclic) bond motifs is 3. The predicted molar refractivity (Wildman–Crippen MR) is 204 cm³/mol. The molecule has 2 saturated heterocycles. The van der Waals surface area contributed by atoms with E-state index in [0.717, 1.165) is 0 Å². The molecule has 1 N–H and O–H groups in total. The predicted octanol–water partition coefficient (Wildman–Crippen LogP) is 5.30. The highest BCUT2D eigenvalue weighted by Crippen LogP contribution is 2.55. The molecule has 6 rings (SSSR count). The Balaban J connectivity index is 1.62. The number of ketones is 3. The number of ether oxygens (including phenoxy) is 7. The fraction of sp³-hybridized carbons (Fsp3) is 0.564. The molecule has 2 fully saturated rings. The molecule has 0 aromatic heterocycles. The van der Waals surface area contributed by atoms with Gasteiger partial charge in [0.25, 0.3) is 12.9 Å². The zero-order valence-electron chi connectivity index (χ0n) is 34.2. The summed E-state index contributed by atoms with van der Waals surface area (Å²) in [5, 5.41) is 1.90. The second kappa shape index (κ2) is 16.4. The van der Waals surface area contributed by atoms with Crippen LogP contribution in [0.25, 0.3) is 0 Å². The third kappa shape index (κ3) is 8.84. The molecule has 2 heterocycles. The maximum absolute atomic E-state index is 15.0. The van der Waals surface area contributed by atoms with Crippen LogP contribution in [0.15, 0.2) is 18.2 Å². The molecule has 0 saturated carbocycles. The third-order valence-electron chi connectivity index (χ3n) is 10.1. The van der Waals surface area contributed by atoms with E-state index < -0.39 is 102 Å². The van der Waals surface area contributed by atoms with Crippen LogP contribution in [0.5, 0.6) is 17.2 Å². The van der Waals surface area contributed by atoms with Gasteiger partial charge in [-0.25, -0.2) is 0 Å². The highest BCUT2D eigenvalue weighted by Gasteiger charge is 2.56. The first-order valence-electron chi connectivity index (χ1n) is 19.1. The number of halogens is 3. The lowest BCUT2D eigenvalue weighted by Crippen LogP contribution is -2.59. The van der Waals surface area contributed by atoms with Crippen LogP contribution in [0.3, 0.4) is 0 Å². The monoisotopic (exact) mass is 867 g/mol. The minimum atomic E-state index is -5.27. The number of hydrogen-bond donors (Lipinski definition) is 1. The second-order valence-corrected chi connectivity index (χ2v) is 25.5. The van der Waals surface area contributed by atoms with Crippen LogP contribution >= 0.6 is 0 Å². The summed E-state index contributed by atoms with van der Waals surface area (Å²) in [6.45, 7) is 12.8. The Morgan fingerprint density at radius 1 is 1.00 bits per heavy atom. The Hall–Kier alpha value is -4.19. The number of nitrogens with one attached hydrogen (secondary N) is 1. The van der Waals surface area contributed by atoms with Crippen molar-refractivity contribution < 1.29 is 79.2 Å². The van der Waals surface area contributed by atoms with E-state index >= 15 is 0 Å². The number of rotatable bonds is 12. The van der Waals surface area contributed by atoms with Crippen molar-refractivity contribution >= 4 is 46.4 Å². The van der Waals surface area contributed by atoms with Gasteiger partial charge in [-0.3, -0.25) is 24.0 Å². The Kier molecular flexibility index (Phi) is 12.3. The Morgan fingerprint density at radius 2 is 1.66 bits per heavy atom. The van der Waals surface area contributed by atoms with Crippen molar-refractivity contribution in [2.75, 3.05) is 20.3 Å². The summed E-state index contributed by atoms with van der Waals surface area (Å²) in [4.78, 5) is 67.6. The van der Waals surface area contributed by atoms with Crippen LogP contribution in [0, 0.1) is 0 Å². The lowest BCUT2D eigenvalue weighted by Gasteiger charge is -2.47. The summed E-state index contributed by atoms with van der Waals surface area (Å²) >= 11 is 0. The van der Waals surface area contributed by atoms with Crippen molar-refractivity contribution in [3.8, 4) is 17.2 Å². The van der Waals surface area contributed by atoms with Crippen molar-refractivity contribution in [1.29, 1.82) is 0 Å². The van der Waals surface area contributed by atoms with E-state index in [0.29, 0.717) is 0 Å². The SMILES string of the molecule is CCOC1OCC(=O)[C@@]2(Cc3c(O[Si](C)(C)C)c4c(c(O[Si](C)(C)C)c3[C@@H](OC3CC(NC(=O)C(F)(F)F)C(OC=O)C(C)O3)C2)C(=O)c2c(OC)cccc2C4=O)O1. The van der Waals surface area contributed by atoms with E-state index in [1.165, 1.54) is 20.1 Å². The van der Waals surface area contributed by atoms with Gasteiger partial charge < -0.3 is 47.3 Å². The summed E-state index contributed by atoms with van der Waals surface area (Å²) in [5.41, 5.74) is -1.36. The van der Waals surface area contributed by atoms with Crippen LogP contribution in [-0.2, 0) is 49.2 Å². The normalized spacial score (nSPS) is 27.0. The summed E-state index contributed by atoms with van der Waals surface area (Å²) in [5.74, 6) is -3.76. The molecular formula is C39H48F3NO14Si2. The fourth-order valence-corrected chi connectivity index (χ4v) is 9.53. The highest BCUT2D eigenvalue weighted by molar-refractivity contribution is 6.71. The van der Waals surface area contributed by atoms with E-state index in [1.54, 1.807) is 19.1 Å². The maximum atomic E-state index is 15.0. The third-order valence-corrected chi connectivity index (χ3v) is 11.7. The minimum Gasteiger partial charge on any atom is -0.544 e. The van der Waals surface area contributed by atoms with Crippen LogP contribution in [0.1, 0.15) is 75.8 Å². The highest BCUT2D eigenvalue weighted by atomic mass is 28.4. The lowest BCUT2D eigenvalue weighted by atomic mass is 9.71. The zero-order chi connectivity index (χ0) is 43.4. The molecule has 5 unspecified atom stereocenters. The van der Waals surface area contributed by atoms with Crippen molar-refractivity contribution in [3.63, 3.8) is 0 Å². The van der Waals surface area contributed by atoms with Crippen molar-refractivity contribution in [2.45, 2.75) is 121 Å². The van der Waals surface area contributed by atoms with Crippen molar-refractivity contribution in [3.05, 3.63) is 51.6 Å². The van der Waals surface area contributed by atoms with Gasteiger partial charge in [0.2, 0.25) is 22.4 Å². The van der Waals surface area contributed by atoms with Gasteiger partial charge in [0.1, 0.15) is 35.6 Å². The molecule has 2 aromatic carbocycles. The topological polar surface area (TPSA) is 180 Å². The molecule has 20 heteroatoms. The van der Waals surface area contributed by atoms with Crippen molar-refractivity contribution in [2.24, 2.45) is 0 Å². The molecule has 7 atom stereocenters. The quantitative estimate of drug-likeness (QED) is 0.183. The van der Waals surface area contributed by atoms with E-state index in [1.807, 2.05) is 44.6 Å². The van der Waals surface area contributed by atoms with Gasteiger partial charge >= 0.3 is 12.1 Å². The van der Waals surface area contributed by atoms with Gasteiger partial charge in [0, 0.05) is 42.6 Å². The Morgan fingerprint density at radius 3 is 2.27 bits per heavy atom. The molecule has 322 valence electrons. The fourth-order valence-electron chi connectivity index (χ4n) is 7.86. The molecule has 1 amide bonds. The zero-order valence-corrected chi connectivity index (χ0v) is 36.2. The smallest absolute Gasteiger partial charge is 0.471 e. The Bertz CT molecular complexity index is 2030. The number of hydrogen-bond acceptors (Lipinski definition) is 14. The second-order valence-electron chi connectivity index (χ2n) is 16.6. The molecule has 2 aliphatic carbocycles. The maximum Gasteiger partial charge on any atom is 0.471 e. The average molecular weight is 868 g/mol. The summed E-state index contributed by atoms with van der Waals surface area (Å²) in [7, 11) is -4.08. The van der Waals surface area contributed by atoms with E-state index in [9.17, 15) is 37.1 Å². The summed E-state index contributed by atoms with van der Waals surface area (Å²) in [6, 6.07) is 3.22. The van der Waals surface area contributed by atoms with Gasteiger partial charge in [0.15, 0.2) is 17.9 Å². The lowest BCUT2D eigenvalue weighted by molar-refractivity contribution is -0.343. The molecule has 0 radical (unpaired) electrons. The largest absolute Gasteiger partial charge is 0.544 e. The van der Waals surface area contributed by atoms with Gasteiger partial charge in [-0.05, 0) is 59.2 Å². The number of amides is 1. The number of Topliss-reactive ketones (excluding diaryl/α,β-unsaturated/α-hetero) is 1. The number of alkyl halides is 3. The van der Waals surface area contributed by atoms with Crippen LogP contribution in [-0.4, -0.2) is 109 Å². The molecule has 0 bridgehead atoms. The molecule has 4 aliphatic rings. The van der Waals surface area contributed by atoms with Gasteiger partial charge in [0.05, 0.1) is 42.0 Å². The molecule has 2 aliphatic heterocycles. The molecule has 1 spiro atoms. The first-order chi connectivity index (χ1) is 27.5. The average Bonchev–Trinajstić information content (AvgIpc) is 3.12. The first-order valence-corrected chi connectivity index (χ1v) is 25.9. The number of benzene rings is 2. The molecular weight excluding hydrogens is 820 g/mol. The number of methoxy groups -OCH3 is 1. The van der Waals surface area contributed by atoms with Crippen LogP contribution < -0.4 is 18.9 Å². The van der Waals surface area contributed by atoms with Crippen LogP contribution in [0.2, 0.25) is 39.3 Å².